The molecule has 0 radical (unpaired) electrons. The number of amides is 1. The van der Waals surface area contributed by atoms with Crippen LogP contribution in [0.2, 0.25) is 0 Å². The van der Waals surface area contributed by atoms with Gasteiger partial charge in [-0.3, -0.25) is 9.59 Å². The summed E-state index contributed by atoms with van der Waals surface area (Å²) in [5.41, 5.74) is 3.85. The Morgan fingerprint density at radius 3 is 2.67 bits per heavy atom. The lowest BCUT2D eigenvalue weighted by Gasteiger charge is -2.29. The Morgan fingerprint density at radius 1 is 1.14 bits per heavy atom. The third kappa shape index (κ3) is 5.94. The summed E-state index contributed by atoms with van der Waals surface area (Å²) in [5.74, 6) is 1.31. The number of carbonyl (C=O) groups excluding carboxylic acids is 1. The summed E-state index contributed by atoms with van der Waals surface area (Å²) in [6.07, 6.45) is -0.154. The molecule has 224 valence electrons. The number of benzene rings is 2. The van der Waals surface area contributed by atoms with E-state index in [0.29, 0.717) is 53.1 Å². The number of carbonyl (C=O) groups is 2. The van der Waals surface area contributed by atoms with E-state index in [1.807, 2.05) is 25.1 Å². The zero-order chi connectivity index (χ0) is 29.8. The lowest BCUT2D eigenvalue weighted by atomic mass is 9.83. The van der Waals surface area contributed by atoms with Gasteiger partial charge in [-0.1, -0.05) is 11.7 Å². The molecular formula is C30H34N2O10. The van der Waals surface area contributed by atoms with Gasteiger partial charge in [-0.05, 0) is 30.7 Å². The summed E-state index contributed by atoms with van der Waals surface area (Å²) < 4.78 is 34.5. The number of nitrogens with zero attached hydrogens (tertiary/aromatic N) is 1. The van der Waals surface area contributed by atoms with Crippen molar-refractivity contribution >= 4 is 17.6 Å². The maximum atomic E-state index is 12.7. The highest BCUT2D eigenvalue weighted by atomic mass is 16.7. The number of ether oxygens (including phenoxy) is 6. The monoisotopic (exact) mass is 582 g/mol. The molecule has 0 saturated heterocycles. The minimum Gasteiger partial charge on any atom is -0.493 e. The molecule has 3 heterocycles. The smallest absolute Gasteiger partial charge is 0.305 e. The standard InChI is InChI=1S/C30H34N2O10/c1-16(2)21-12-19-20(41-21)6-5-17(30(19)40-15-26(33)31-8-10-38-9-7-27(34)35)29-28-18-11-23(36-3)24(37-4)13-22(18)39-14-25(28)42-32-29/h5-6,11,13,21,25,28H,1,7-10,12,14-15H2,2-4H3,(H,31,33)(H,34,35)/t21-,25?,28?/m1/s1. The quantitative estimate of drug-likeness (QED) is 0.267. The van der Waals surface area contributed by atoms with Crippen molar-refractivity contribution in [2.24, 2.45) is 5.16 Å². The average molecular weight is 583 g/mol. The van der Waals surface area contributed by atoms with E-state index in [9.17, 15) is 9.59 Å². The first-order chi connectivity index (χ1) is 20.3. The largest absolute Gasteiger partial charge is 0.493 e. The second kappa shape index (κ2) is 12.6. The summed E-state index contributed by atoms with van der Waals surface area (Å²) in [5, 5.41) is 15.9. The third-order valence-corrected chi connectivity index (χ3v) is 7.29. The molecule has 1 amide bonds. The van der Waals surface area contributed by atoms with Gasteiger partial charge in [0.25, 0.3) is 5.91 Å². The molecule has 0 spiro atoms. The first-order valence-corrected chi connectivity index (χ1v) is 13.6. The fourth-order valence-corrected chi connectivity index (χ4v) is 5.17. The molecule has 3 atom stereocenters. The zero-order valence-electron chi connectivity index (χ0n) is 23.8. The number of methoxy groups -OCH3 is 2. The number of carboxylic acid groups (broad SMARTS) is 1. The fraction of sp³-hybridized carbons (Fsp3) is 0.433. The van der Waals surface area contributed by atoms with Gasteiger partial charge in [0.15, 0.2) is 24.2 Å². The normalized spacial score (nSPS) is 19.6. The van der Waals surface area contributed by atoms with Gasteiger partial charge in [0.2, 0.25) is 0 Å². The van der Waals surface area contributed by atoms with Crippen molar-refractivity contribution in [3.05, 3.63) is 53.1 Å². The Labute approximate surface area is 243 Å². The van der Waals surface area contributed by atoms with Crippen molar-refractivity contribution in [3.63, 3.8) is 0 Å². The van der Waals surface area contributed by atoms with Gasteiger partial charge < -0.3 is 43.7 Å². The van der Waals surface area contributed by atoms with Gasteiger partial charge in [0, 0.05) is 35.7 Å². The van der Waals surface area contributed by atoms with E-state index < -0.39 is 5.97 Å². The van der Waals surface area contributed by atoms with Crippen LogP contribution in [0.25, 0.3) is 0 Å². The van der Waals surface area contributed by atoms with Crippen LogP contribution in [0.4, 0.5) is 0 Å². The molecule has 0 saturated carbocycles. The molecule has 42 heavy (non-hydrogen) atoms. The molecule has 12 nitrogen and oxygen atoms in total. The van der Waals surface area contributed by atoms with Crippen molar-refractivity contribution in [2.45, 2.75) is 37.9 Å². The number of nitrogens with one attached hydrogen (secondary N) is 1. The first kappa shape index (κ1) is 29.1. The van der Waals surface area contributed by atoms with Crippen molar-refractivity contribution in [2.75, 3.05) is 47.2 Å². The van der Waals surface area contributed by atoms with Crippen LogP contribution in [0.1, 0.15) is 36.0 Å². The molecule has 3 aliphatic heterocycles. The molecule has 0 aromatic heterocycles. The predicted octanol–water partition coefficient (Wildman–Crippen LogP) is 2.85. The third-order valence-electron chi connectivity index (χ3n) is 7.29. The average Bonchev–Trinajstić information content (AvgIpc) is 3.62. The van der Waals surface area contributed by atoms with Crippen LogP contribution in [0.15, 0.2) is 41.6 Å². The van der Waals surface area contributed by atoms with E-state index >= 15 is 0 Å². The number of aliphatic carboxylic acids is 1. The number of hydrogen-bond acceptors (Lipinski definition) is 10. The second-order valence-electron chi connectivity index (χ2n) is 10.1. The van der Waals surface area contributed by atoms with Crippen LogP contribution in [-0.4, -0.2) is 82.1 Å². The van der Waals surface area contributed by atoms with Gasteiger partial charge in [-0.15, -0.1) is 0 Å². The highest BCUT2D eigenvalue weighted by Crippen LogP contribution is 2.48. The topological polar surface area (TPSA) is 143 Å². The molecule has 2 N–H and O–H groups in total. The minimum atomic E-state index is -0.941. The van der Waals surface area contributed by atoms with E-state index in [-0.39, 0.29) is 56.8 Å². The molecule has 2 unspecified atom stereocenters. The van der Waals surface area contributed by atoms with Crippen LogP contribution < -0.4 is 29.0 Å². The van der Waals surface area contributed by atoms with Crippen LogP contribution in [0, 0.1) is 0 Å². The fourth-order valence-electron chi connectivity index (χ4n) is 5.17. The van der Waals surface area contributed by atoms with Crippen LogP contribution in [-0.2, 0) is 25.6 Å². The van der Waals surface area contributed by atoms with E-state index in [1.54, 1.807) is 20.3 Å². The van der Waals surface area contributed by atoms with Gasteiger partial charge in [0.05, 0.1) is 39.8 Å². The van der Waals surface area contributed by atoms with Crippen molar-refractivity contribution in [1.82, 2.24) is 5.32 Å². The minimum absolute atomic E-state index is 0.0737. The Morgan fingerprint density at radius 2 is 1.93 bits per heavy atom. The molecule has 2 aromatic rings. The Kier molecular flexibility index (Phi) is 8.72. The first-order valence-electron chi connectivity index (χ1n) is 13.6. The molecule has 2 aromatic carbocycles. The number of carboxylic acids is 1. The molecule has 12 heteroatoms. The summed E-state index contributed by atoms with van der Waals surface area (Å²) >= 11 is 0. The second-order valence-corrected chi connectivity index (χ2v) is 10.1. The Bertz CT molecular complexity index is 1400. The van der Waals surface area contributed by atoms with Gasteiger partial charge >= 0.3 is 5.97 Å². The predicted molar refractivity (Wildman–Crippen MR) is 150 cm³/mol. The molecular weight excluding hydrogens is 548 g/mol. The molecule has 0 fully saturated rings. The summed E-state index contributed by atoms with van der Waals surface area (Å²) in [4.78, 5) is 29.1. The summed E-state index contributed by atoms with van der Waals surface area (Å²) in [7, 11) is 3.14. The van der Waals surface area contributed by atoms with Crippen molar-refractivity contribution < 1.29 is 48.0 Å². The van der Waals surface area contributed by atoms with Gasteiger partial charge in [0.1, 0.15) is 35.7 Å². The zero-order valence-corrected chi connectivity index (χ0v) is 23.8. The maximum absolute atomic E-state index is 12.7. The number of rotatable bonds is 13. The van der Waals surface area contributed by atoms with Gasteiger partial charge in [-0.25, -0.2) is 0 Å². The van der Waals surface area contributed by atoms with Crippen molar-refractivity contribution in [3.8, 4) is 28.7 Å². The SMILES string of the molecule is C=C(C)[C@H]1Cc2c(ccc(C3=NOC4COc5cc(OC)c(OC)cc5C34)c2OCC(=O)NCCOCCC(=O)O)O1. The van der Waals surface area contributed by atoms with E-state index in [2.05, 4.69) is 17.1 Å². The Hall–Kier alpha value is -4.45. The lowest BCUT2D eigenvalue weighted by molar-refractivity contribution is -0.138. The van der Waals surface area contributed by atoms with Crippen molar-refractivity contribution in [1.29, 1.82) is 0 Å². The maximum Gasteiger partial charge on any atom is 0.305 e. The molecule has 5 rings (SSSR count). The lowest BCUT2D eigenvalue weighted by Crippen LogP contribution is -2.33. The van der Waals surface area contributed by atoms with E-state index in [0.717, 1.165) is 16.7 Å². The highest BCUT2D eigenvalue weighted by molar-refractivity contribution is 6.09. The van der Waals surface area contributed by atoms with Crippen LogP contribution in [0.5, 0.6) is 28.7 Å². The Balaban J connectivity index is 1.40. The number of hydrogen-bond donors (Lipinski definition) is 2. The number of oxime groups is 1. The number of fused-ring (bicyclic) bond motifs is 4. The van der Waals surface area contributed by atoms with E-state index in [1.165, 1.54) is 0 Å². The highest BCUT2D eigenvalue weighted by Gasteiger charge is 2.44. The molecule has 3 aliphatic rings. The summed E-state index contributed by atoms with van der Waals surface area (Å²) in [6.45, 7) is 6.46. The van der Waals surface area contributed by atoms with Gasteiger partial charge in [-0.2, -0.15) is 0 Å². The van der Waals surface area contributed by atoms with Crippen LogP contribution in [0.3, 0.4) is 0 Å². The molecule has 0 aliphatic carbocycles. The van der Waals surface area contributed by atoms with E-state index in [4.69, 9.17) is 38.4 Å². The molecule has 0 bridgehead atoms. The summed E-state index contributed by atoms with van der Waals surface area (Å²) in [6, 6.07) is 7.40. The van der Waals surface area contributed by atoms with Crippen LogP contribution >= 0.6 is 0 Å².